The highest BCUT2D eigenvalue weighted by Gasteiger charge is 2.14. The molecule has 0 aliphatic rings. The van der Waals surface area contributed by atoms with Gasteiger partial charge in [0.2, 0.25) is 0 Å². The summed E-state index contributed by atoms with van der Waals surface area (Å²) in [5.74, 6) is 0. The van der Waals surface area contributed by atoms with E-state index in [0.717, 1.165) is 6.42 Å². The van der Waals surface area contributed by atoms with E-state index in [0.29, 0.717) is 0 Å². The zero-order chi connectivity index (χ0) is 11.7. The van der Waals surface area contributed by atoms with Gasteiger partial charge in [-0.3, -0.25) is 0 Å². The summed E-state index contributed by atoms with van der Waals surface area (Å²) < 4.78 is 1.19. The van der Waals surface area contributed by atoms with E-state index in [1.165, 1.54) is 24.0 Å². The maximum Gasteiger partial charge on any atom is 0.0740 e. The van der Waals surface area contributed by atoms with Gasteiger partial charge in [0.05, 0.1) is 9.83 Å². The molecular weight excluding hydrogens is 302 g/mol. The number of aryl methyl sites for hydroxylation is 2. The number of hydrogen-bond acceptors (Lipinski definition) is 3. The maximum absolute atomic E-state index is 6.27. The Balaban J connectivity index is 2.27. The van der Waals surface area contributed by atoms with Gasteiger partial charge in [0, 0.05) is 14.6 Å². The number of thiophene rings is 2. The Morgan fingerprint density at radius 1 is 1.31 bits per heavy atom. The quantitative estimate of drug-likeness (QED) is 0.887. The topological polar surface area (TPSA) is 26.0 Å². The van der Waals surface area contributed by atoms with Gasteiger partial charge in [0.25, 0.3) is 0 Å². The number of hydrogen-bond donors (Lipinski definition) is 1. The van der Waals surface area contributed by atoms with Crippen LogP contribution >= 0.6 is 38.6 Å². The Morgan fingerprint density at radius 2 is 2.06 bits per heavy atom. The van der Waals surface area contributed by atoms with Crippen LogP contribution < -0.4 is 5.73 Å². The molecule has 16 heavy (non-hydrogen) atoms. The molecule has 2 aromatic rings. The molecule has 0 aliphatic heterocycles. The summed E-state index contributed by atoms with van der Waals surface area (Å²) in [5, 5.41) is 0. The minimum atomic E-state index is 0.0281. The Labute approximate surface area is 112 Å². The van der Waals surface area contributed by atoms with Crippen LogP contribution in [0.2, 0.25) is 0 Å². The Bertz CT molecular complexity index is 467. The van der Waals surface area contributed by atoms with E-state index in [2.05, 4.69) is 48.0 Å². The van der Waals surface area contributed by atoms with Crippen molar-refractivity contribution < 1.29 is 0 Å². The predicted octanol–water partition coefficient (Wildman–Crippen LogP) is 4.49. The van der Waals surface area contributed by atoms with Crippen molar-refractivity contribution in [2.75, 3.05) is 0 Å². The van der Waals surface area contributed by atoms with Gasteiger partial charge in [-0.05, 0) is 53.0 Å². The molecule has 0 bridgehead atoms. The van der Waals surface area contributed by atoms with Crippen LogP contribution in [0.25, 0.3) is 0 Å². The van der Waals surface area contributed by atoms with E-state index in [9.17, 15) is 0 Å². The highest BCUT2D eigenvalue weighted by molar-refractivity contribution is 9.11. The molecule has 4 heteroatoms. The van der Waals surface area contributed by atoms with Gasteiger partial charge in [0.15, 0.2) is 0 Å². The molecule has 2 heterocycles. The third-order valence-electron chi connectivity index (χ3n) is 2.52. The summed E-state index contributed by atoms with van der Waals surface area (Å²) in [6, 6.07) is 6.53. The fourth-order valence-electron chi connectivity index (χ4n) is 1.53. The van der Waals surface area contributed by atoms with Crippen LogP contribution in [-0.2, 0) is 6.42 Å². The number of nitrogens with two attached hydrogens (primary N) is 1. The van der Waals surface area contributed by atoms with Crippen LogP contribution in [0.1, 0.15) is 33.2 Å². The van der Waals surface area contributed by atoms with Crippen LogP contribution in [0, 0.1) is 6.92 Å². The first-order valence-corrected chi connectivity index (χ1v) is 7.64. The van der Waals surface area contributed by atoms with Crippen LogP contribution in [0.4, 0.5) is 0 Å². The first kappa shape index (κ1) is 12.3. The van der Waals surface area contributed by atoms with Crippen molar-refractivity contribution in [2.24, 2.45) is 5.73 Å². The molecule has 86 valence electrons. The minimum Gasteiger partial charge on any atom is -0.319 e. The van der Waals surface area contributed by atoms with Crippen molar-refractivity contribution in [2.45, 2.75) is 26.3 Å². The Hall–Kier alpha value is -0.160. The third-order valence-corrected chi connectivity index (χ3v) is 6.05. The van der Waals surface area contributed by atoms with E-state index >= 15 is 0 Å². The fraction of sp³-hybridized carbons (Fsp3) is 0.333. The molecule has 0 aromatic carbocycles. The zero-order valence-corrected chi connectivity index (χ0v) is 12.5. The smallest absolute Gasteiger partial charge is 0.0740 e. The maximum atomic E-state index is 6.27. The Kier molecular flexibility index (Phi) is 3.85. The molecule has 2 aromatic heterocycles. The molecule has 0 radical (unpaired) electrons. The van der Waals surface area contributed by atoms with Gasteiger partial charge in [-0.15, -0.1) is 22.7 Å². The summed E-state index contributed by atoms with van der Waals surface area (Å²) in [6.07, 6.45) is 1.09. The lowest BCUT2D eigenvalue weighted by atomic mass is 10.2. The summed E-state index contributed by atoms with van der Waals surface area (Å²) in [7, 11) is 0. The van der Waals surface area contributed by atoms with Gasteiger partial charge in [-0.25, -0.2) is 0 Å². The normalized spacial score (nSPS) is 13.0. The monoisotopic (exact) mass is 315 g/mol. The van der Waals surface area contributed by atoms with E-state index in [1.807, 2.05) is 11.3 Å². The largest absolute Gasteiger partial charge is 0.319 e. The zero-order valence-electron chi connectivity index (χ0n) is 9.29. The van der Waals surface area contributed by atoms with Crippen molar-refractivity contribution in [3.63, 3.8) is 0 Å². The molecule has 0 aliphatic carbocycles. The second-order valence-corrected chi connectivity index (χ2v) is 7.34. The standard InChI is InChI=1S/C12H14BrNS2/c1-3-8-4-5-9(15-8)11(14)10-6-7(2)12(13)16-10/h4-6,11H,3,14H2,1-2H3. The fourth-order valence-corrected chi connectivity index (χ4v) is 4.17. The van der Waals surface area contributed by atoms with Crippen LogP contribution in [-0.4, -0.2) is 0 Å². The molecule has 2 N–H and O–H groups in total. The molecular formula is C12H14BrNS2. The molecule has 2 rings (SSSR count). The van der Waals surface area contributed by atoms with E-state index in [-0.39, 0.29) is 6.04 Å². The van der Waals surface area contributed by atoms with Crippen molar-refractivity contribution in [3.05, 3.63) is 42.2 Å². The second kappa shape index (κ2) is 5.00. The van der Waals surface area contributed by atoms with Crippen molar-refractivity contribution in [3.8, 4) is 0 Å². The molecule has 0 fully saturated rings. The van der Waals surface area contributed by atoms with Crippen LogP contribution in [0.5, 0.6) is 0 Å². The second-order valence-electron chi connectivity index (χ2n) is 3.74. The van der Waals surface area contributed by atoms with Crippen molar-refractivity contribution in [1.82, 2.24) is 0 Å². The molecule has 0 amide bonds. The minimum absolute atomic E-state index is 0.0281. The van der Waals surface area contributed by atoms with E-state index in [1.54, 1.807) is 11.3 Å². The van der Waals surface area contributed by atoms with Crippen LogP contribution in [0.15, 0.2) is 22.0 Å². The van der Waals surface area contributed by atoms with E-state index < -0.39 is 0 Å². The molecule has 0 saturated carbocycles. The van der Waals surface area contributed by atoms with E-state index in [4.69, 9.17) is 5.73 Å². The van der Waals surface area contributed by atoms with Crippen molar-refractivity contribution >= 4 is 38.6 Å². The summed E-state index contributed by atoms with van der Waals surface area (Å²) >= 11 is 7.09. The first-order valence-electron chi connectivity index (χ1n) is 5.21. The first-order chi connectivity index (χ1) is 7.61. The average molecular weight is 316 g/mol. The SMILES string of the molecule is CCc1ccc(C(N)c2cc(C)c(Br)s2)s1. The van der Waals surface area contributed by atoms with Crippen molar-refractivity contribution in [1.29, 1.82) is 0 Å². The van der Waals surface area contributed by atoms with Gasteiger partial charge >= 0.3 is 0 Å². The lowest BCUT2D eigenvalue weighted by Gasteiger charge is -2.05. The lowest BCUT2D eigenvalue weighted by Crippen LogP contribution is -2.07. The van der Waals surface area contributed by atoms with Gasteiger partial charge < -0.3 is 5.73 Å². The molecule has 1 atom stereocenters. The summed E-state index contributed by atoms with van der Waals surface area (Å²) in [5.41, 5.74) is 7.53. The van der Waals surface area contributed by atoms with Gasteiger partial charge in [-0.1, -0.05) is 6.92 Å². The average Bonchev–Trinajstić information content (AvgIpc) is 2.86. The predicted molar refractivity (Wildman–Crippen MR) is 76.5 cm³/mol. The summed E-state index contributed by atoms with van der Waals surface area (Å²) in [4.78, 5) is 3.89. The Morgan fingerprint density at radius 3 is 2.56 bits per heavy atom. The molecule has 0 spiro atoms. The third kappa shape index (κ3) is 2.40. The summed E-state index contributed by atoms with van der Waals surface area (Å²) in [6.45, 7) is 4.27. The van der Waals surface area contributed by atoms with Gasteiger partial charge in [0.1, 0.15) is 0 Å². The molecule has 0 saturated heterocycles. The lowest BCUT2D eigenvalue weighted by molar-refractivity contribution is 0.916. The number of rotatable bonds is 3. The highest BCUT2D eigenvalue weighted by Crippen LogP contribution is 2.35. The van der Waals surface area contributed by atoms with Crippen LogP contribution in [0.3, 0.4) is 0 Å². The highest BCUT2D eigenvalue weighted by atomic mass is 79.9. The van der Waals surface area contributed by atoms with Gasteiger partial charge in [-0.2, -0.15) is 0 Å². The molecule has 1 unspecified atom stereocenters. The molecule has 1 nitrogen and oxygen atoms in total. The number of halogens is 1.